The van der Waals surface area contributed by atoms with Crippen LogP contribution in [0.2, 0.25) is 0 Å². The lowest BCUT2D eigenvalue weighted by atomic mass is 9.66. The Hall–Kier alpha value is -2.49. The number of hydrogen-bond donors (Lipinski definition) is 3. The second kappa shape index (κ2) is 11.7. The third-order valence-corrected chi connectivity index (χ3v) is 7.77. The number of nitrogens with zero attached hydrogens (tertiary/aromatic N) is 1. The van der Waals surface area contributed by atoms with Crippen LogP contribution in [0.1, 0.15) is 52.0 Å². The molecule has 0 radical (unpaired) electrons. The van der Waals surface area contributed by atoms with Crippen molar-refractivity contribution < 1.29 is 34.4 Å². The van der Waals surface area contributed by atoms with E-state index in [1.807, 2.05) is 32.9 Å². The molecule has 9 heteroatoms. The number of aliphatic hydroxyl groups is 2. The predicted molar refractivity (Wildman–Crippen MR) is 138 cm³/mol. The Morgan fingerprint density at radius 2 is 1.97 bits per heavy atom. The molecule has 1 aliphatic heterocycles. The molecule has 36 heavy (non-hydrogen) atoms. The molecule has 0 aromatic heterocycles. The summed E-state index contributed by atoms with van der Waals surface area (Å²) >= 11 is 3.41. The monoisotopic (exact) mass is 563 g/mol. The number of amides is 3. The van der Waals surface area contributed by atoms with Crippen molar-refractivity contribution in [3.63, 3.8) is 0 Å². The van der Waals surface area contributed by atoms with E-state index in [1.54, 1.807) is 12.1 Å². The van der Waals surface area contributed by atoms with Crippen LogP contribution in [0.25, 0.3) is 6.08 Å². The first kappa shape index (κ1) is 28.1. The number of halogens is 1. The number of fused-ring (bicyclic) bond motifs is 1. The summed E-state index contributed by atoms with van der Waals surface area (Å²) in [5.74, 6) is -3.64. The van der Waals surface area contributed by atoms with Crippen LogP contribution in [0.4, 0.5) is 4.79 Å². The van der Waals surface area contributed by atoms with Crippen molar-refractivity contribution in [2.24, 2.45) is 23.7 Å². The number of rotatable bonds is 8. The molecule has 1 aliphatic carbocycles. The lowest BCUT2D eigenvalue weighted by molar-refractivity contribution is -0.137. The molecule has 3 rings (SSSR count). The summed E-state index contributed by atoms with van der Waals surface area (Å²) in [7, 11) is 1.11. The van der Waals surface area contributed by atoms with E-state index < -0.39 is 48.4 Å². The van der Waals surface area contributed by atoms with E-state index in [2.05, 4.69) is 20.7 Å². The minimum atomic E-state index is -1.03. The average Bonchev–Trinajstić information content (AvgIpc) is 3.11. The number of imide groups is 3. The fourth-order valence-corrected chi connectivity index (χ4v) is 5.78. The molecule has 0 saturated carbocycles. The standard InChI is InChI=1S/C27H34BrNO7/c1-5-15(10-16-11-17(28)7-9-21(16)31)6-8-22(32)23-18(14(2)3)12-19-24(20(23)13-30)26(34)29(25(19)33)27(35)36-4/h7,9-11,14,19-20,22,24,30-32H,5-6,8,12-13H2,1-4H3/b15-10+/t19-,20+,22-,24-/m1/s1. The Morgan fingerprint density at radius 3 is 2.56 bits per heavy atom. The number of ether oxygens (including phenoxy) is 1. The second-order valence-corrected chi connectivity index (χ2v) is 10.6. The number of aliphatic hydroxyl groups excluding tert-OH is 2. The van der Waals surface area contributed by atoms with E-state index in [0.717, 1.165) is 22.7 Å². The van der Waals surface area contributed by atoms with Gasteiger partial charge in [0.25, 0.3) is 0 Å². The van der Waals surface area contributed by atoms with Gasteiger partial charge in [-0.3, -0.25) is 9.59 Å². The molecular weight excluding hydrogens is 530 g/mol. The Labute approximate surface area is 219 Å². The van der Waals surface area contributed by atoms with Gasteiger partial charge in [-0.2, -0.15) is 4.90 Å². The zero-order valence-electron chi connectivity index (χ0n) is 21.0. The Morgan fingerprint density at radius 1 is 1.28 bits per heavy atom. The number of hydrogen-bond acceptors (Lipinski definition) is 7. The molecule has 1 fully saturated rings. The van der Waals surface area contributed by atoms with Gasteiger partial charge in [0.15, 0.2) is 0 Å². The maximum Gasteiger partial charge on any atom is 0.423 e. The van der Waals surface area contributed by atoms with Crippen molar-refractivity contribution in [2.45, 2.75) is 52.6 Å². The lowest BCUT2D eigenvalue weighted by Crippen LogP contribution is -2.40. The van der Waals surface area contributed by atoms with E-state index in [4.69, 9.17) is 0 Å². The van der Waals surface area contributed by atoms with E-state index in [-0.39, 0.29) is 18.1 Å². The van der Waals surface area contributed by atoms with Gasteiger partial charge in [-0.15, -0.1) is 0 Å². The number of likely N-dealkylation sites (tertiary alicyclic amines) is 1. The highest BCUT2D eigenvalue weighted by molar-refractivity contribution is 9.10. The number of methoxy groups -OCH3 is 1. The lowest BCUT2D eigenvalue weighted by Gasteiger charge is -2.38. The summed E-state index contributed by atoms with van der Waals surface area (Å²) in [5.41, 5.74) is 3.11. The van der Waals surface area contributed by atoms with E-state index in [1.165, 1.54) is 0 Å². The van der Waals surface area contributed by atoms with Crippen LogP contribution in [-0.4, -0.2) is 57.9 Å². The molecule has 1 aromatic carbocycles. The van der Waals surface area contributed by atoms with Crippen molar-refractivity contribution in [2.75, 3.05) is 13.7 Å². The van der Waals surface area contributed by atoms with Crippen molar-refractivity contribution >= 4 is 39.9 Å². The molecule has 1 aromatic rings. The molecule has 1 heterocycles. The number of aromatic hydroxyl groups is 1. The normalized spacial score (nSPS) is 23.4. The quantitative estimate of drug-likeness (QED) is 0.315. The minimum absolute atomic E-state index is 0.0282. The van der Waals surface area contributed by atoms with Crippen LogP contribution in [0, 0.1) is 23.7 Å². The van der Waals surface area contributed by atoms with Crippen molar-refractivity contribution in [1.82, 2.24) is 4.90 Å². The van der Waals surface area contributed by atoms with Gasteiger partial charge in [0.1, 0.15) is 5.75 Å². The van der Waals surface area contributed by atoms with Crippen LogP contribution in [0.15, 0.2) is 39.4 Å². The van der Waals surface area contributed by atoms with Gasteiger partial charge in [0.05, 0.1) is 31.7 Å². The third kappa shape index (κ3) is 5.43. The summed E-state index contributed by atoms with van der Waals surface area (Å²) in [6.45, 7) is 5.46. The zero-order chi connectivity index (χ0) is 26.7. The molecule has 3 N–H and O–H groups in total. The highest BCUT2D eigenvalue weighted by Gasteiger charge is 2.57. The van der Waals surface area contributed by atoms with Crippen LogP contribution in [-0.2, 0) is 14.3 Å². The molecular formula is C27H34BrNO7. The highest BCUT2D eigenvalue weighted by Crippen LogP contribution is 2.48. The van der Waals surface area contributed by atoms with Crippen molar-refractivity contribution in [1.29, 1.82) is 0 Å². The van der Waals surface area contributed by atoms with Crippen molar-refractivity contribution in [3.8, 4) is 5.75 Å². The van der Waals surface area contributed by atoms with Crippen LogP contribution in [0.3, 0.4) is 0 Å². The van der Waals surface area contributed by atoms with Crippen LogP contribution < -0.4 is 0 Å². The summed E-state index contributed by atoms with van der Waals surface area (Å²) < 4.78 is 5.47. The summed E-state index contributed by atoms with van der Waals surface area (Å²) in [4.78, 5) is 38.7. The van der Waals surface area contributed by atoms with E-state index >= 15 is 0 Å². The predicted octanol–water partition coefficient (Wildman–Crippen LogP) is 4.42. The number of phenolic OH excluding ortho intramolecular Hbond substituents is 1. The average molecular weight is 564 g/mol. The summed E-state index contributed by atoms with van der Waals surface area (Å²) in [6.07, 6.45) is 1.76. The number of allylic oxidation sites excluding steroid dienone is 2. The fraction of sp³-hybridized carbons (Fsp3) is 0.519. The van der Waals surface area contributed by atoms with Crippen LogP contribution in [0.5, 0.6) is 5.75 Å². The Balaban J connectivity index is 1.90. The first-order valence-corrected chi connectivity index (χ1v) is 13.0. The van der Waals surface area contributed by atoms with Crippen LogP contribution >= 0.6 is 15.9 Å². The highest BCUT2D eigenvalue weighted by atomic mass is 79.9. The zero-order valence-corrected chi connectivity index (χ0v) is 22.6. The summed E-state index contributed by atoms with van der Waals surface area (Å²) in [5, 5.41) is 31.9. The molecule has 8 nitrogen and oxygen atoms in total. The SMILES string of the molecule is CC/C(=C\c1cc(Br)ccc1O)CC[C@@H](O)C1=C(C(C)C)C[C@H]2C(=O)N(C(=O)OC)C(=O)[C@H]2[C@H]1CO. The largest absolute Gasteiger partial charge is 0.507 e. The topological polar surface area (TPSA) is 124 Å². The third-order valence-electron chi connectivity index (χ3n) is 7.27. The fourth-order valence-electron chi connectivity index (χ4n) is 5.41. The molecule has 4 atom stereocenters. The first-order valence-electron chi connectivity index (χ1n) is 12.2. The molecule has 1 saturated heterocycles. The first-order chi connectivity index (χ1) is 17.0. The smallest absolute Gasteiger partial charge is 0.423 e. The Bertz CT molecular complexity index is 1090. The number of benzene rings is 1. The van der Waals surface area contributed by atoms with Gasteiger partial charge in [-0.05, 0) is 55.4 Å². The van der Waals surface area contributed by atoms with Gasteiger partial charge in [-0.1, -0.05) is 53.9 Å². The number of carbonyl (C=O) groups excluding carboxylic acids is 3. The maximum atomic E-state index is 13.1. The summed E-state index contributed by atoms with van der Waals surface area (Å²) in [6, 6.07) is 5.18. The molecule has 0 bridgehead atoms. The van der Waals surface area contributed by atoms with Crippen molar-refractivity contribution in [3.05, 3.63) is 45.0 Å². The van der Waals surface area contributed by atoms with E-state index in [0.29, 0.717) is 35.3 Å². The molecule has 2 aliphatic rings. The Kier molecular flexibility index (Phi) is 9.13. The molecule has 0 unspecified atom stereocenters. The molecule has 3 amide bonds. The number of carbonyl (C=O) groups is 3. The van der Waals surface area contributed by atoms with Gasteiger partial charge in [-0.25, -0.2) is 4.79 Å². The van der Waals surface area contributed by atoms with Gasteiger partial charge < -0.3 is 20.1 Å². The second-order valence-electron chi connectivity index (χ2n) is 9.66. The maximum absolute atomic E-state index is 13.1. The van der Waals surface area contributed by atoms with Gasteiger partial charge in [0.2, 0.25) is 11.8 Å². The van der Waals surface area contributed by atoms with E-state index in [9.17, 15) is 29.7 Å². The molecule has 196 valence electrons. The van der Waals surface area contributed by atoms with Gasteiger partial charge in [0, 0.05) is 16.0 Å². The molecule has 0 spiro atoms. The minimum Gasteiger partial charge on any atom is -0.507 e. The number of phenols is 1. The van der Waals surface area contributed by atoms with Gasteiger partial charge >= 0.3 is 6.09 Å².